The second kappa shape index (κ2) is 7.59. The van der Waals surface area contributed by atoms with Gasteiger partial charge in [-0.1, -0.05) is 18.2 Å². The number of pyridine rings is 1. The molecule has 1 atom stereocenters. The number of para-hydroxylation sites is 1. The zero-order valence-corrected chi connectivity index (χ0v) is 14.1. The fraction of sp³-hybridized carbons (Fsp3) is 0.278. The number of amides is 1. The highest BCUT2D eigenvalue weighted by atomic mass is 16.5. The SMILES string of the molecule is COC(=O)c1ccc(C(=O)N(C)C(C)c2ccccc2OC)nc1. The maximum atomic E-state index is 12.6. The Kier molecular flexibility index (Phi) is 5.52. The molecule has 1 aromatic heterocycles. The van der Waals surface area contributed by atoms with Gasteiger partial charge < -0.3 is 14.4 Å². The van der Waals surface area contributed by atoms with Crippen molar-refractivity contribution in [2.75, 3.05) is 21.3 Å². The third kappa shape index (κ3) is 3.53. The number of ether oxygens (including phenoxy) is 2. The molecule has 1 heterocycles. The Morgan fingerprint density at radius 1 is 1.12 bits per heavy atom. The zero-order chi connectivity index (χ0) is 17.7. The molecule has 0 saturated heterocycles. The van der Waals surface area contributed by atoms with Crippen molar-refractivity contribution < 1.29 is 19.1 Å². The third-order valence-corrected chi connectivity index (χ3v) is 3.89. The quantitative estimate of drug-likeness (QED) is 0.789. The van der Waals surface area contributed by atoms with E-state index in [4.69, 9.17) is 4.74 Å². The van der Waals surface area contributed by atoms with Crippen molar-refractivity contribution in [2.45, 2.75) is 13.0 Å². The molecule has 1 amide bonds. The summed E-state index contributed by atoms with van der Waals surface area (Å²) in [6, 6.07) is 10.4. The number of esters is 1. The number of hydrogen-bond acceptors (Lipinski definition) is 5. The number of benzene rings is 1. The number of rotatable bonds is 5. The van der Waals surface area contributed by atoms with Crippen molar-refractivity contribution in [3.63, 3.8) is 0 Å². The lowest BCUT2D eigenvalue weighted by molar-refractivity contribution is 0.0598. The van der Waals surface area contributed by atoms with Crippen molar-refractivity contribution in [1.29, 1.82) is 0 Å². The molecule has 6 heteroatoms. The average molecular weight is 328 g/mol. The summed E-state index contributed by atoms with van der Waals surface area (Å²) in [4.78, 5) is 29.7. The first-order valence-electron chi connectivity index (χ1n) is 7.44. The molecule has 1 aromatic carbocycles. The maximum absolute atomic E-state index is 12.6. The van der Waals surface area contributed by atoms with Gasteiger partial charge in [0.15, 0.2) is 0 Å². The Bertz CT molecular complexity index is 728. The Balaban J connectivity index is 2.21. The molecular weight excluding hydrogens is 308 g/mol. The number of methoxy groups -OCH3 is 2. The third-order valence-electron chi connectivity index (χ3n) is 3.89. The summed E-state index contributed by atoms with van der Waals surface area (Å²) in [5, 5.41) is 0. The Morgan fingerprint density at radius 2 is 1.83 bits per heavy atom. The highest BCUT2D eigenvalue weighted by Gasteiger charge is 2.22. The van der Waals surface area contributed by atoms with E-state index < -0.39 is 5.97 Å². The van der Waals surface area contributed by atoms with Gasteiger partial charge in [-0.15, -0.1) is 0 Å². The molecule has 0 saturated carbocycles. The van der Waals surface area contributed by atoms with Crippen LogP contribution < -0.4 is 4.74 Å². The highest BCUT2D eigenvalue weighted by Crippen LogP contribution is 2.28. The minimum absolute atomic E-state index is 0.198. The van der Waals surface area contributed by atoms with E-state index in [0.29, 0.717) is 5.56 Å². The molecule has 0 radical (unpaired) electrons. The number of aromatic nitrogens is 1. The van der Waals surface area contributed by atoms with Crippen LogP contribution in [0.4, 0.5) is 0 Å². The lowest BCUT2D eigenvalue weighted by Crippen LogP contribution is -2.30. The first-order chi connectivity index (χ1) is 11.5. The van der Waals surface area contributed by atoms with Crippen LogP contribution in [0.2, 0.25) is 0 Å². The largest absolute Gasteiger partial charge is 0.496 e. The first kappa shape index (κ1) is 17.5. The van der Waals surface area contributed by atoms with Crippen LogP contribution in [0.15, 0.2) is 42.6 Å². The van der Waals surface area contributed by atoms with Gasteiger partial charge >= 0.3 is 5.97 Å². The van der Waals surface area contributed by atoms with Crippen molar-refractivity contribution >= 4 is 11.9 Å². The molecule has 2 rings (SSSR count). The lowest BCUT2D eigenvalue weighted by atomic mass is 10.1. The first-order valence-corrected chi connectivity index (χ1v) is 7.44. The van der Waals surface area contributed by atoms with Gasteiger partial charge in [0.25, 0.3) is 5.91 Å². The van der Waals surface area contributed by atoms with E-state index in [1.54, 1.807) is 19.1 Å². The topological polar surface area (TPSA) is 68.7 Å². The number of carbonyl (C=O) groups is 2. The minimum atomic E-state index is -0.489. The fourth-order valence-corrected chi connectivity index (χ4v) is 2.34. The summed E-state index contributed by atoms with van der Waals surface area (Å²) in [6.45, 7) is 1.92. The van der Waals surface area contributed by atoms with Gasteiger partial charge in [-0.25, -0.2) is 4.79 Å². The van der Waals surface area contributed by atoms with Gasteiger partial charge in [0.1, 0.15) is 11.4 Å². The van der Waals surface area contributed by atoms with Crippen LogP contribution in [0, 0.1) is 0 Å². The second-order valence-electron chi connectivity index (χ2n) is 5.26. The van der Waals surface area contributed by atoms with E-state index >= 15 is 0 Å². The molecule has 0 N–H and O–H groups in total. The lowest BCUT2D eigenvalue weighted by Gasteiger charge is -2.26. The van der Waals surface area contributed by atoms with Crippen LogP contribution in [0.1, 0.15) is 39.4 Å². The Labute approximate surface area is 141 Å². The van der Waals surface area contributed by atoms with Gasteiger partial charge in [0.05, 0.1) is 25.8 Å². The van der Waals surface area contributed by atoms with Crippen LogP contribution in [-0.2, 0) is 4.74 Å². The monoisotopic (exact) mass is 328 g/mol. The second-order valence-corrected chi connectivity index (χ2v) is 5.26. The summed E-state index contributed by atoms with van der Waals surface area (Å²) in [5.74, 6) is -0.0132. The van der Waals surface area contributed by atoms with E-state index in [0.717, 1.165) is 11.3 Å². The van der Waals surface area contributed by atoms with E-state index in [1.165, 1.54) is 25.4 Å². The van der Waals surface area contributed by atoms with Crippen molar-refractivity contribution in [1.82, 2.24) is 9.88 Å². The maximum Gasteiger partial charge on any atom is 0.339 e. The molecule has 0 aliphatic carbocycles. The molecule has 0 spiro atoms. The summed E-state index contributed by atoms with van der Waals surface area (Å²) >= 11 is 0. The Morgan fingerprint density at radius 3 is 2.42 bits per heavy atom. The predicted octanol–water partition coefficient (Wildman–Crippen LogP) is 2.71. The van der Waals surface area contributed by atoms with Gasteiger partial charge in [-0.3, -0.25) is 9.78 Å². The Hall–Kier alpha value is -2.89. The molecule has 24 heavy (non-hydrogen) atoms. The molecule has 0 aliphatic heterocycles. The van der Waals surface area contributed by atoms with Crippen LogP contribution in [0.3, 0.4) is 0 Å². The van der Waals surface area contributed by atoms with Gasteiger partial charge in [0.2, 0.25) is 0 Å². The van der Waals surface area contributed by atoms with E-state index in [-0.39, 0.29) is 17.6 Å². The molecule has 1 unspecified atom stereocenters. The van der Waals surface area contributed by atoms with Crippen LogP contribution in [0.25, 0.3) is 0 Å². The molecule has 0 bridgehead atoms. The van der Waals surface area contributed by atoms with Crippen LogP contribution in [0.5, 0.6) is 5.75 Å². The van der Waals surface area contributed by atoms with Crippen molar-refractivity contribution in [3.8, 4) is 5.75 Å². The standard InChI is InChI=1S/C18H20N2O4/c1-12(14-7-5-6-8-16(14)23-3)20(2)17(21)15-10-9-13(11-19-15)18(22)24-4/h5-12H,1-4H3. The molecular formula is C18H20N2O4. The smallest absolute Gasteiger partial charge is 0.339 e. The van der Waals surface area contributed by atoms with E-state index in [2.05, 4.69) is 9.72 Å². The zero-order valence-electron chi connectivity index (χ0n) is 14.1. The molecule has 6 nitrogen and oxygen atoms in total. The van der Waals surface area contributed by atoms with Gasteiger partial charge in [-0.2, -0.15) is 0 Å². The predicted molar refractivity (Wildman–Crippen MR) is 89.1 cm³/mol. The number of nitrogens with zero attached hydrogens (tertiary/aromatic N) is 2. The fourth-order valence-electron chi connectivity index (χ4n) is 2.34. The molecule has 0 fully saturated rings. The highest BCUT2D eigenvalue weighted by molar-refractivity contribution is 5.94. The summed E-state index contributed by atoms with van der Waals surface area (Å²) in [6.07, 6.45) is 1.33. The van der Waals surface area contributed by atoms with Gasteiger partial charge in [0, 0.05) is 18.8 Å². The van der Waals surface area contributed by atoms with Crippen LogP contribution >= 0.6 is 0 Å². The van der Waals surface area contributed by atoms with E-state index in [1.807, 2.05) is 31.2 Å². The number of hydrogen-bond donors (Lipinski definition) is 0. The minimum Gasteiger partial charge on any atom is -0.496 e. The summed E-state index contributed by atoms with van der Waals surface area (Å²) in [5.41, 5.74) is 1.46. The van der Waals surface area contributed by atoms with Crippen LogP contribution in [-0.4, -0.2) is 43.0 Å². The molecule has 0 aliphatic rings. The molecule has 126 valence electrons. The van der Waals surface area contributed by atoms with Gasteiger partial charge in [-0.05, 0) is 25.1 Å². The average Bonchev–Trinajstić information content (AvgIpc) is 2.65. The molecule has 2 aromatic rings. The van der Waals surface area contributed by atoms with Crippen molar-refractivity contribution in [3.05, 3.63) is 59.4 Å². The summed E-state index contributed by atoms with van der Waals surface area (Å²) < 4.78 is 9.97. The number of carbonyl (C=O) groups excluding carboxylic acids is 2. The normalized spacial score (nSPS) is 11.5. The summed E-state index contributed by atoms with van der Waals surface area (Å²) in [7, 11) is 4.60. The van der Waals surface area contributed by atoms with Crippen molar-refractivity contribution in [2.24, 2.45) is 0 Å². The van der Waals surface area contributed by atoms with E-state index in [9.17, 15) is 9.59 Å².